The van der Waals surface area contributed by atoms with E-state index in [1.165, 1.54) is 11.1 Å². The Hall–Kier alpha value is -3.66. The monoisotopic (exact) mass is 424 g/mol. The van der Waals surface area contributed by atoms with Crippen LogP contribution in [0.3, 0.4) is 0 Å². The molecule has 0 aliphatic heterocycles. The van der Waals surface area contributed by atoms with Gasteiger partial charge in [0.1, 0.15) is 0 Å². The van der Waals surface area contributed by atoms with Gasteiger partial charge in [0.05, 0.1) is 11.4 Å². The highest BCUT2D eigenvalue weighted by atomic mass is 16.2. The van der Waals surface area contributed by atoms with Gasteiger partial charge in [0.2, 0.25) is 0 Å². The van der Waals surface area contributed by atoms with Crippen LogP contribution in [0, 0.1) is 41.5 Å². The molecule has 0 atom stereocenters. The highest BCUT2D eigenvalue weighted by molar-refractivity contribution is 6.48. The van der Waals surface area contributed by atoms with Crippen molar-refractivity contribution in [3.05, 3.63) is 93.3 Å². The topological polar surface area (TPSA) is 65.7 Å². The Kier molecular flexibility index (Phi) is 5.47. The van der Waals surface area contributed by atoms with Crippen LogP contribution in [0.15, 0.2) is 48.5 Å². The predicted molar refractivity (Wildman–Crippen MR) is 130 cm³/mol. The standard InChI is InChI=1S/C28H28N2O2/c1-15-11-17(3)25(18(4)12-15)21-7-9-23(29-21)27(31)28(32)24-10-8-22(30-24)26-19(5)13-16(2)14-20(26)6/h7-14,29-30H,1-6H3. The molecule has 4 heteroatoms. The maximum atomic E-state index is 12.9. The molecular formula is C28H28N2O2. The molecule has 0 radical (unpaired) electrons. The van der Waals surface area contributed by atoms with Crippen molar-refractivity contribution in [2.45, 2.75) is 41.5 Å². The number of ketones is 2. The summed E-state index contributed by atoms with van der Waals surface area (Å²) in [6.45, 7) is 12.3. The molecule has 0 spiro atoms. The van der Waals surface area contributed by atoms with E-state index in [1.54, 1.807) is 12.1 Å². The Morgan fingerprint density at radius 3 is 1.16 bits per heavy atom. The molecule has 2 N–H and O–H groups in total. The maximum absolute atomic E-state index is 12.9. The van der Waals surface area contributed by atoms with Crippen molar-refractivity contribution < 1.29 is 9.59 Å². The molecule has 0 saturated heterocycles. The minimum absolute atomic E-state index is 0.295. The van der Waals surface area contributed by atoms with Gasteiger partial charge in [-0.3, -0.25) is 9.59 Å². The molecule has 2 aromatic heterocycles. The van der Waals surface area contributed by atoms with Gasteiger partial charge < -0.3 is 9.97 Å². The molecule has 0 bridgehead atoms. The minimum Gasteiger partial charge on any atom is -0.352 e. The second kappa shape index (κ2) is 8.12. The van der Waals surface area contributed by atoms with Crippen molar-refractivity contribution in [3.63, 3.8) is 0 Å². The van der Waals surface area contributed by atoms with Crippen LogP contribution in [-0.4, -0.2) is 21.5 Å². The predicted octanol–water partition coefficient (Wildman–Crippen LogP) is 6.59. The first kappa shape index (κ1) is 21.6. The second-order valence-electron chi connectivity index (χ2n) is 8.78. The third-order valence-electron chi connectivity index (χ3n) is 5.96. The molecule has 0 fully saturated rings. The number of rotatable bonds is 5. The summed E-state index contributed by atoms with van der Waals surface area (Å²) in [6.07, 6.45) is 0. The van der Waals surface area contributed by atoms with Gasteiger partial charge in [-0.15, -0.1) is 0 Å². The fourth-order valence-electron chi connectivity index (χ4n) is 4.80. The summed E-state index contributed by atoms with van der Waals surface area (Å²) in [4.78, 5) is 32.2. The molecule has 2 aromatic carbocycles. The highest BCUT2D eigenvalue weighted by Gasteiger charge is 2.23. The van der Waals surface area contributed by atoms with Crippen molar-refractivity contribution >= 4 is 11.6 Å². The summed E-state index contributed by atoms with van der Waals surface area (Å²) in [6, 6.07) is 15.6. The van der Waals surface area contributed by atoms with E-state index in [4.69, 9.17) is 0 Å². The average Bonchev–Trinajstić information content (AvgIpc) is 3.35. The van der Waals surface area contributed by atoms with Crippen LogP contribution >= 0.6 is 0 Å². The maximum Gasteiger partial charge on any atom is 0.251 e. The third kappa shape index (κ3) is 3.84. The Labute approximate surface area is 188 Å². The van der Waals surface area contributed by atoms with Crippen LogP contribution in [-0.2, 0) is 0 Å². The van der Waals surface area contributed by atoms with Crippen LogP contribution in [0.4, 0.5) is 0 Å². The van der Waals surface area contributed by atoms with Gasteiger partial charge >= 0.3 is 0 Å². The summed E-state index contributed by atoms with van der Waals surface area (Å²) < 4.78 is 0. The molecule has 0 unspecified atom stereocenters. The van der Waals surface area contributed by atoms with E-state index < -0.39 is 11.6 Å². The number of Topliss-reactive ketones (excluding diaryl/α,β-unsaturated/α-hetero) is 2. The Balaban J connectivity index is 1.62. The smallest absolute Gasteiger partial charge is 0.251 e. The average molecular weight is 425 g/mol. The van der Waals surface area contributed by atoms with Gasteiger partial charge in [-0.05, 0) is 88.1 Å². The van der Waals surface area contributed by atoms with Crippen LogP contribution in [0.25, 0.3) is 22.5 Å². The number of H-pyrrole nitrogens is 2. The molecule has 0 saturated carbocycles. The van der Waals surface area contributed by atoms with Gasteiger partial charge in [0.15, 0.2) is 0 Å². The zero-order valence-corrected chi connectivity index (χ0v) is 19.4. The van der Waals surface area contributed by atoms with E-state index in [9.17, 15) is 9.59 Å². The SMILES string of the molecule is Cc1cc(C)c(-c2ccc(C(=O)C(=O)c3ccc(-c4c(C)cc(C)cc4C)[nH]3)[nH]2)c(C)c1. The number of benzene rings is 2. The van der Waals surface area contributed by atoms with Crippen LogP contribution in [0.5, 0.6) is 0 Å². The molecule has 4 aromatic rings. The molecular weight excluding hydrogens is 396 g/mol. The molecule has 4 rings (SSSR count). The van der Waals surface area contributed by atoms with Crippen molar-refractivity contribution in [3.8, 4) is 22.5 Å². The van der Waals surface area contributed by atoms with Gasteiger partial charge in [0, 0.05) is 22.5 Å². The largest absolute Gasteiger partial charge is 0.352 e. The van der Waals surface area contributed by atoms with Crippen molar-refractivity contribution in [1.29, 1.82) is 0 Å². The van der Waals surface area contributed by atoms with Gasteiger partial charge in [-0.2, -0.15) is 0 Å². The van der Waals surface area contributed by atoms with Crippen LogP contribution < -0.4 is 0 Å². The van der Waals surface area contributed by atoms with Crippen molar-refractivity contribution in [2.75, 3.05) is 0 Å². The van der Waals surface area contributed by atoms with Gasteiger partial charge in [-0.1, -0.05) is 35.4 Å². The number of hydrogen-bond donors (Lipinski definition) is 2. The normalized spacial score (nSPS) is 11.1. The van der Waals surface area contributed by atoms with Gasteiger partial charge in [-0.25, -0.2) is 0 Å². The van der Waals surface area contributed by atoms with E-state index in [1.807, 2.05) is 12.1 Å². The van der Waals surface area contributed by atoms with E-state index in [-0.39, 0.29) is 0 Å². The summed E-state index contributed by atoms with van der Waals surface area (Å²) in [5.74, 6) is -1.10. The Morgan fingerprint density at radius 2 is 0.844 bits per heavy atom. The first-order chi connectivity index (χ1) is 15.2. The van der Waals surface area contributed by atoms with Crippen LogP contribution in [0.2, 0.25) is 0 Å². The molecule has 2 heterocycles. The number of nitrogens with one attached hydrogen (secondary N) is 2. The van der Waals surface area contributed by atoms with Crippen molar-refractivity contribution in [2.24, 2.45) is 0 Å². The lowest BCUT2D eigenvalue weighted by Crippen LogP contribution is -2.15. The lowest BCUT2D eigenvalue weighted by Gasteiger charge is -2.10. The Morgan fingerprint density at radius 1 is 0.531 bits per heavy atom. The van der Waals surface area contributed by atoms with E-state index in [2.05, 4.69) is 75.8 Å². The highest BCUT2D eigenvalue weighted by Crippen LogP contribution is 2.29. The third-order valence-corrected chi connectivity index (χ3v) is 5.96. The first-order valence-corrected chi connectivity index (χ1v) is 10.8. The van der Waals surface area contributed by atoms with E-state index in [0.717, 1.165) is 44.8 Å². The Bertz CT molecular complexity index is 1220. The molecule has 0 aliphatic carbocycles. The fraction of sp³-hybridized carbons (Fsp3) is 0.214. The number of aryl methyl sites for hydroxylation is 6. The fourth-order valence-corrected chi connectivity index (χ4v) is 4.80. The minimum atomic E-state index is -0.551. The summed E-state index contributed by atoms with van der Waals surface area (Å²) >= 11 is 0. The zero-order valence-electron chi connectivity index (χ0n) is 19.4. The van der Waals surface area contributed by atoms with E-state index >= 15 is 0 Å². The summed E-state index contributed by atoms with van der Waals surface area (Å²) in [5.41, 5.74) is 11.3. The van der Waals surface area contributed by atoms with E-state index in [0.29, 0.717) is 11.4 Å². The number of carbonyl (C=O) groups excluding carboxylic acids is 2. The number of carbonyl (C=O) groups is 2. The van der Waals surface area contributed by atoms with Gasteiger partial charge in [0.25, 0.3) is 11.6 Å². The molecule has 162 valence electrons. The molecule has 32 heavy (non-hydrogen) atoms. The second-order valence-corrected chi connectivity index (χ2v) is 8.78. The number of hydrogen-bond acceptors (Lipinski definition) is 2. The summed E-state index contributed by atoms with van der Waals surface area (Å²) in [5, 5.41) is 0. The first-order valence-electron chi connectivity index (χ1n) is 10.8. The zero-order chi connectivity index (χ0) is 23.2. The lowest BCUT2D eigenvalue weighted by molar-refractivity contribution is 0.0812. The van der Waals surface area contributed by atoms with Crippen molar-refractivity contribution in [1.82, 2.24) is 9.97 Å². The number of aromatic nitrogens is 2. The quantitative estimate of drug-likeness (QED) is 0.280. The summed E-state index contributed by atoms with van der Waals surface area (Å²) in [7, 11) is 0. The lowest BCUT2D eigenvalue weighted by atomic mass is 9.98. The van der Waals surface area contributed by atoms with Crippen LogP contribution in [0.1, 0.15) is 54.4 Å². The molecule has 0 amide bonds. The molecule has 4 nitrogen and oxygen atoms in total. The number of aromatic amines is 2. The molecule has 0 aliphatic rings.